The number of aromatic nitrogens is 3. The number of nitrogens with one attached hydrogen (secondary N) is 1. The summed E-state index contributed by atoms with van der Waals surface area (Å²) in [7, 11) is 1.77. The van der Waals surface area contributed by atoms with Crippen molar-refractivity contribution in [2.24, 2.45) is 7.05 Å². The van der Waals surface area contributed by atoms with E-state index >= 15 is 0 Å². The highest BCUT2D eigenvalue weighted by atomic mass is 79.9. The molecule has 0 atom stereocenters. The Labute approximate surface area is 188 Å². The zero-order chi connectivity index (χ0) is 21.7. The first-order valence-corrected chi connectivity index (χ1v) is 11.5. The van der Waals surface area contributed by atoms with Gasteiger partial charge in [0.05, 0.1) is 17.2 Å². The van der Waals surface area contributed by atoms with Gasteiger partial charge in [0.2, 0.25) is 5.91 Å². The summed E-state index contributed by atoms with van der Waals surface area (Å²) in [5.74, 6) is -0.636. The summed E-state index contributed by atoms with van der Waals surface area (Å²) < 4.78 is 42.5. The Kier molecular flexibility index (Phi) is 7.84. The molecule has 0 saturated heterocycles. The van der Waals surface area contributed by atoms with Crippen molar-refractivity contribution in [3.63, 3.8) is 0 Å². The van der Waals surface area contributed by atoms with Crippen LogP contribution in [0.3, 0.4) is 0 Å². The number of rotatable bonds is 8. The first-order chi connectivity index (χ1) is 14.3. The Morgan fingerprint density at radius 1 is 1.13 bits per heavy atom. The standard InChI is InChI=1S/C19H16BrF3N4OS2/c1-27-16(9-29-8-11-4-2-3-5-14(11)22)25-26-19(27)30-10-17(28)24-18-13(20)6-12(21)7-15(18)23/h2-7H,8-10H2,1H3,(H,24,28). The van der Waals surface area contributed by atoms with E-state index in [0.29, 0.717) is 34.1 Å². The van der Waals surface area contributed by atoms with Crippen LogP contribution in [0, 0.1) is 17.5 Å². The molecule has 0 aliphatic heterocycles. The molecule has 0 aliphatic rings. The second kappa shape index (κ2) is 10.4. The summed E-state index contributed by atoms with van der Waals surface area (Å²) in [4.78, 5) is 12.1. The molecule has 0 saturated carbocycles. The number of anilines is 1. The number of thioether (sulfide) groups is 2. The molecule has 11 heteroatoms. The summed E-state index contributed by atoms with van der Waals surface area (Å²) in [6.07, 6.45) is 0. The van der Waals surface area contributed by atoms with Crippen molar-refractivity contribution >= 4 is 51.0 Å². The van der Waals surface area contributed by atoms with Crippen LogP contribution >= 0.6 is 39.5 Å². The maximum atomic E-state index is 13.8. The van der Waals surface area contributed by atoms with Crippen LogP contribution in [0.1, 0.15) is 11.4 Å². The van der Waals surface area contributed by atoms with Crippen molar-refractivity contribution in [3.8, 4) is 0 Å². The van der Waals surface area contributed by atoms with E-state index in [-0.39, 0.29) is 21.7 Å². The molecule has 0 unspecified atom stereocenters. The monoisotopic (exact) mass is 516 g/mol. The van der Waals surface area contributed by atoms with E-state index in [1.54, 1.807) is 29.8 Å². The first-order valence-electron chi connectivity index (χ1n) is 8.61. The van der Waals surface area contributed by atoms with E-state index in [0.717, 1.165) is 17.8 Å². The number of hydrogen-bond acceptors (Lipinski definition) is 5. The van der Waals surface area contributed by atoms with Crippen LogP contribution in [-0.4, -0.2) is 26.4 Å². The molecule has 30 heavy (non-hydrogen) atoms. The molecule has 158 valence electrons. The lowest BCUT2D eigenvalue weighted by molar-refractivity contribution is -0.113. The van der Waals surface area contributed by atoms with E-state index in [1.165, 1.54) is 17.8 Å². The minimum atomic E-state index is -0.868. The van der Waals surface area contributed by atoms with Crippen molar-refractivity contribution < 1.29 is 18.0 Å². The van der Waals surface area contributed by atoms with Gasteiger partial charge in [-0.15, -0.1) is 22.0 Å². The van der Waals surface area contributed by atoms with Crippen LogP contribution in [0.5, 0.6) is 0 Å². The molecule has 1 amide bonds. The average Bonchev–Trinajstić information content (AvgIpc) is 3.04. The molecule has 1 N–H and O–H groups in total. The van der Waals surface area contributed by atoms with Crippen LogP contribution in [0.4, 0.5) is 18.9 Å². The molecule has 1 heterocycles. The quantitative estimate of drug-likeness (QED) is 0.419. The fourth-order valence-electron chi connectivity index (χ4n) is 2.43. The lowest BCUT2D eigenvalue weighted by atomic mass is 10.2. The third-order valence-corrected chi connectivity index (χ3v) is 6.60. The number of benzene rings is 2. The summed E-state index contributed by atoms with van der Waals surface area (Å²) in [5, 5.41) is 11.1. The van der Waals surface area contributed by atoms with Gasteiger partial charge in [-0.05, 0) is 33.6 Å². The fraction of sp³-hybridized carbons (Fsp3) is 0.211. The van der Waals surface area contributed by atoms with Crippen molar-refractivity contribution in [1.29, 1.82) is 0 Å². The SMILES string of the molecule is Cn1c(CSCc2ccccc2F)nnc1SCC(=O)Nc1c(F)cc(F)cc1Br. The molecule has 0 aliphatic carbocycles. The predicted molar refractivity (Wildman–Crippen MR) is 116 cm³/mol. The second-order valence-electron chi connectivity index (χ2n) is 6.12. The number of carbonyl (C=O) groups is 1. The van der Waals surface area contributed by atoms with Gasteiger partial charge >= 0.3 is 0 Å². The number of carbonyl (C=O) groups excluding carboxylic acids is 1. The molecule has 0 radical (unpaired) electrons. The number of nitrogens with zero attached hydrogens (tertiary/aromatic N) is 3. The molecule has 0 fully saturated rings. The van der Waals surface area contributed by atoms with Crippen LogP contribution in [0.15, 0.2) is 46.0 Å². The van der Waals surface area contributed by atoms with Crippen molar-refractivity contribution in [1.82, 2.24) is 14.8 Å². The Bertz CT molecular complexity index is 1040. The van der Waals surface area contributed by atoms with E-state index in [1.807, 2.05) is 0 Å². The minimum absolute atomic E-state index is 0.0302. The van der Waals surface area contributed by atoms with Crippen LogP contribution in [-0.2, 0) is 23.3 Å². The Hall–Kier alpha value is -1.98. The van der Waals surface area contributed by atoms with Gasteiger partial charge in [-0.2, -0.15) is 0 Å². The maximum Gasteiger partial charge on any atom is 0.234 e. The van der Waals surface area contributed by atoms with E-state index in [9.17, 15) is 18.0 Å². The normalized spacial score (nSPS) is 11.0. The van der Waals surface area contributed by atoms with E-state index in [2.05, 4.69) is 31.4 Å². The van der Waals surface area contributed by atoms with Gasteiger partial charge in [0.1, 0.15) is 17.5 Å². The lowest BCUT2D eigenvalue weighted by Gasteiger charge is -2.09. The third kappa shape index (κ3) is 5.79. The highest BCUT2D eigenvalue weighted by molar-refractivity contribution is 9.10. The zero-order valence-electron chi connectivity index (χ0n) is 15.7. The smallest absolute Gasteiger partial charge is 0.234 e. The van der Waals surface area contributed by atoms with Crippen molar-refractivity contribution in [2.45, 2.75) is 16.7 Å². The highest BCUT2D eigenvalue weighted by Crippen LogP contribution is 2.27. The highest BCUT2D eigenvalue weighted by Gasteiger charge is 2.15. The summed E-state index contributed by atoms with van der Waals surface area (Å²) >= 11 is 5.67. The predicted octanol–water partition coefficient (Wildman–Crippen LogP) is 5.16. The van der Waals surface area contributed by atoms with Gasteiger partial charge in [0, 0.05) is 23.3 Å². The second-order valence-corrected chi connectivity index (χ2v) is 8.91. The molecular formula is C19H16BrF3N4OS2. The van der Waals surface area contributed by atoms with E-state index in [4.69, 9.17) is 0 Å². The molecule has 3 rings (SSSR count). The molecule has 2 aromatic carbocycles. The van der Waals surface area contributed by atoms with Crippen molar-refractivity contribution in [2.75, 3.05) is 11.1 Å². The molecule has 5 nitrogen and oxygen atoms in total. The summed E-state index contributed by atoms with van der Waals surface area (Å²) in [6.45, 7) is 0. The summed E-state index contributed by atoms with van der Waals surface area (Å²) in [5.41, 5.74) is 0.500. The van der Waals surface area contributed by atoms with Crippen LogP contribution in [0.2, 0.25) is 0 Å². The Balaban J connectivity index is 1.52. The van der Waals surface area contributed by atoms with Gasteiger partial charge in [0.25, 0.3) is 0 Å². The first kappa shape index (κ1) is 22.7. The van der Waals surface area contributed by atoms with Gasteiger partial charge in [0.15, 0.2) is 11.0 Å². The Morgan fingerprint density at radius 3 is 2.63 bits per heavy atom. The molecule has 1 aromatic heterocycles. The van der Waals surface area contributed by atoms with Crippen LogP contribution in [0.25, 0.3) is 0 Å². The third-order valence-electron chi connectivity index (χ3n) is 3.98. The number of amides is 1. The lowest BCUT2D eigenvalue weighted by Crippen LogP contribution is -2.16. The van der Waals surface area contributed by atoms with Gasteiger partial charge < -0.3 is 9.88 Å². The van der Waals surface area contributed by atoms with Gasteiger partial charge in [-0.1, -0.05) is 30.0 Å². The Morgan fingerprint density at radius 2 is 1.90 bits per heavy atom. The zero-order valence-corrected chi connectivity index (χ0v) is 18.9. The number of hydrogen-bond donors (Lipinski definition) is 1. The van der Waals surface area contributed by atoms with Crippen LogP contribution < -0.4 is 5.32 Å². The molecule has 0 bridgehead atoms. The largest absolute Gasteiger partial charge is 0.322 e. The molecule has 3 aromatic rings. The average molecular weight is 517 g/mol. The van der Waals surface area contributed by atoms with Gasteiger partial charge in [-0.3, -0.25) is 4.79 Å². The minimum Gasteiger partial charge on any atom is -0.322 e. The van der Waals surface area contributed by atoms with Gasteiger partial charge in [-0.25, -0.2) is 13.2 Å². The maximum absolute atomic E-state index is 13.8. The topological polar surface area (TPSA) is 59.8 Å². The summed E-state index contributed by atoms with van der Waals surface area (Å²) in [6, 6.07) is 8.36. The fourth-order valence-corrected chi connectivity index (χ4v) is 4.66. The molecule has 0 spiro atoms. The van der Waals surface area contributed by atoms with E-state index < -0.39 is 17.5 Å². The number of halogens is 4. The molecular weight excluding hydrogens is 501 g/mol. The van der Waals surface area contributed by atoms with Crippen molar-refractivity contribution in [3.05, 3.63) is 69.7 Å².